The summed E-state index contributed by atoms with van der Waals surface area (Å²) in [7, 11) is 0. The Kier molecular flexibility index (Phi) is 3.03. The van der Waals surface area contributed by atoms with Crippen molar-refractivity contribution in [1.82, 2.24) is 14.9 Å². The van der Waals surface area contributed by atoms with E-state index in [-0.39, 0.29) is 11.9 Å². The molecular weight excluding hydrogens is 204 g/mol. The van der Waals surface area contributed by atoms with Gasteiger partial charge in [0, 0.05) is 37.9 Å². The van der Waals surface area contributed by atoms with E-state index in [4.69, 9.17) is 0 Å². The van der Waals surface area contributed by atoms with E-state index in [0.717, 1.165) is 25.2 Å². The fourth-order valence-electron chi connectivity index (χ4n) is 1.87. The van der Waals surface area contributed by atoms with E-state index < -0.39 is 0 Å². The smallest absolute Gasteiger partial charge is 0.223 e. The van der Waals surface area contributed by atoms with Crippen molar-refractivity contribution in [1.29, 1.82) is 0 Å². The van der Waals surface area contributed by atoms with Gasteiger partial charge in [0.15, 0.2) is 0 Å². The van der Waals surface area contributed by atoms with E-state index in [1.807, 2.05) is 17.9 Å². The van der Waals surface area contributed by atoms with Crippen LogP contribution in [0.2, 0.25) is 0 Å². The zero-order chi connectivity index (χ0) is 11.5. The second-order valence-corrected chi connectivity index (χ2v) is 4.12. The van der Waals surface area contributed by atoms with Gasteiger partial charge < -0.3 is 10.2 Å². The van der Waals surface area contributed by atoms with Gasteiger partial charge in [-0.1, -0.05) is 0 Å². The molecule has 1 saturated heterocycles. The molecule has 1 aromatic rings. The molecule has 1 amide bonds. The quantitative estimate of drug-likeness (QED) is 0.801. The standard InChI is InChI=1S/C11H16N4O/c1-8-3-5-12-11(13-8)14-10-4-6-15(7-10)9(2)16/h3,5,10H,4,6-7H2,1-2H3,(H,12,13,14). The number of carbonyl (C=O) groups is 1. The van der Waals surface area contributed by atoms with Crippen LogP contribution in [0.1, 0.15) is 19.0 Å². The lowest BCUT2D eigenvalue weighted by molar-refractivity contribution is -0.127. The van der Waals surface area contributed by atoms with Gasteiger partial charge in [0.1, 0.15) is 0 Å². The highest BCUT2D eigenvalue weighted by Gasteiger charge is 2.24. The molecule has 2 heterocycles. The molecule has 0 bridgehead atoms. The number of hydrogen-bond acceptors (Lipinski definition) is 4. The van der Waals surface area contributed by atoms with Crippen molar-refractivity contribution in [2.45, 2.75) is 26.3 Å². The zero-order valence-electron chi connectivity index (χ0n) is 9.60. The summed E-state index contributed by atoms with van der Waals surface area (Å²) in [5.41, 5.74) is 0.943. The molecule has 1 atom stereocenters. The average Bonchev–Trinajstić information content (AvgIpc) is 2.66. The highest BCUT2D eigenvalue weighted by molar-refractivity contribution is 5.73. The highest BCUT2D eigenvalue weighted by atomic mass is 16.2. The van der Waals surface area contributed by atoms with Crippen LogP contribution in [0, 0.1) is 6.92 Å². The van der Waals surface area contributed by atoms with Gasteiger partial charge in [0.05, 0.1) is 0 Å². The molecular formula is C11H16N4O. The molecule has 1 aliphatic heterocycles. The number of likely N-dealkylation sites (tertiary alicyclic amines) is 1. The van der Waals surface area contributed by atoms with Gasteiger partial charge >= 0.3 is 0 Å². The van der Waals surface area contributed by atoms with Gasteiger partial charge in [-0.25, -0.2) is 9.97 Å². The van der Waals surface area contributed by atoms with Crippen LogP contribution in [-0.2, 0) is 4.79 Å². The fourth-order valence-corrected chi connectivity index (χ4v) is 1.87. The van der Waals surface area contributed by atoms with Crippen molar-refractivity contribution >= 4 is 11.9 Å². The Morgan fingerprint density at radius 2 is 2.44 bits per heavy atom. The Morgan fingerprint density at radius 1 is 1.62 bits per heavy atom. The van der Waals surface area contributed by atoms with Crippen molar-refractivity contribution < 1.29 is 4.79 Å². The molecule has 0 radical (unpaired) electrons. The summed E-state index contributed by atoms with van der Waals surface area (Å²) < 4.78 is 0. The van der Waals surface area contributed by atoms with Crippen molar-refractivity contribution in [3.63, 3.8) is 0 Å². The van der Waals surface area contributed by atoms with Gasteiger partial charge in [-0.2, -0.15) is 0 Å². The van der Waals surface area contributed by atoms with E-state index in [2.05, 4.69) is 15.3 Å². The first-order valence-corrected chi connectivity index (χ1v) is 5.47. The molecule has 16 heavy (non-hydrogen) atoms. The molecule has 2 rings (SSSR count). The predicted molar refractivity (Wildman–Crippen MR) is 61.1 cm³/mol. The summed E-state index contributed by atoms with van der Waals surface area (Å²) in [5.74, 6) is 0.782. The Labute approximate surface area is 94.9 Å². The fraction of sp³-hybridized carbons (Fsp3) is 0.545. The number of carbonyl (C=O) groups excluding carboxylic acids is 1. The normalized spacial score (nSPS) is 19.9. The molecule has 86 valence electrons. The maximum atomic E-state index is 11.2. The first-order valence-electron chi connectivity index (χ1n) is 5.47. The number of aryl methyl sites for hydroxylation is 1. The minimum absolute atomic E-state index is 0.134. The number of rotatable bonds is 2. The number of amides is 1. The van der Waals surface area contributed by atoms with Crippen LogP contribution in [0.5, 0.6) is 0 Å². The van der Waals surface area contributed by atoms with E-state index in [0.29, 0.717) is 5.95 Å². The number of hydrogen-bond donors (Lipinski definition) is 1. The number of aromatic nitrogens is 2. The molecule has 0 saturated carbocycles. The van der Waals surface area contributed by atoms with Crippen molar-refractivity contribution in [2.75, 3.05) is 18.4 Å². The lowest BCUT2D eigenvalue weighted by Gasteiger charge is -2.14. The number of nitrogens with zero attached hydrogens (tertiary/aromatic N) is 3. The first-order chi connectivity index (χ1) is 7.65. The highest BCUT2D eigenvalue weighted by Crippen LogP contribution is 2.13. The molecule has 1 aromatic heterocycles. The van der Waals surface area contributed by atoms with Crippen LogP contribution in [-0.4, -0.2) is 39.9 Å². The third-order valence-corrected chi connectivity index (χ3v) is 2.76. The summed E-state index contributed by atoms with van der Waals surface area (Å²) in [6, 6.07) is 2.13. The summed E-state index contributed by atoms with van der Waals surface area (Å²) in [4.78, 5) is 21.4. The Balaban J connectivity index is 1.94. The molecule has 1 fully saturated rings. The lowest BCUT2D eigenvalue weighted by Crippen LogP contribution is -2.30. The van der Waals surface area contributed by atoms with Gasteiger partial charge in [0.25, 0.3) is 0 Å². The van der Waals surface area contributed by atoms with Gasteiger partial charge in [-0.3, -0.25) is 4.79 Å². The molecule has 1 aliphatic rings. The molecule has 0 aromatic carbocycles. The molecule has 0 aliphatic carbocycles. The molecule has 0 spiro atoms. The van der Waals surface area contributed by atoms with Crippen LogP contribution in [0.25, 0.3) is 0 Å². The van der Waals surface area contributed by atoms with Crippen LogP contribution >= 0.6 is 0 Å². The Hall–Kier alpha value is -1.65. The minimum atomic E-state index is 0.134. The SMILES string of the molecule is CC(=O)N1CCC(Nc2nccc(C)n2)C1. The van der Waals surface area contributed by atoms with Crippen LogP contribution in [0.15, 0.2) is 12.3 Å². The van der Waals surface area contributed by atoms with Gasteiger partial charge in [0.2, 0.25) is 11.9 Å². The molecule has 5 nitrogen and oxygen atoms in total. The van der Waals surface area contributed by atoms with Crippen LogP contribution in [0.4, 0.5) is 5.95 Å². The maximum Gasteiger partial charge on any atom is 0.223 e. The third-order valence-electron chi connectivity index (χ3n) is 2.76. The average molecular weight is 220 g/mol. The summed E-state index contributed by atoms with van der Waals surface area (Å²) in [6.45, 7) is 5.10. The summed E-state index contributed by atoms with van der Waals surface area (Å²) >= 11 is 0. The van der Waals surface area contributed by atoms with Gasteiger partial charge in [-0.05, 0) is 19.4 Å². The molecule has 5 heteroatoms. The summed E-state index contributed by atoms with van der Waals surface area (Å²) in [6.07, 6.45) is 2.69. The second-order valence-electron chi connectivity index (χ2n) is 4.12. The maximum absolute atomic E-state index is 11.2. The van der Waals surface area contributed by atoms with Crippen molar-refractivity contribution in [3.05, 3.63) is 18.0 Å². The topological polar surface area (TPSA) is 58.1 Å². The van der Waals surface area contributed by atoms with E-state index in [1.54, 1.807) is 13.1 Å². The van der Waals surface area contributed by atoms with Crippen LogP contribution < -0.4 is 5.32 Å². The zero-order valence-corrected chi connectivity index (χ0v) is 9.60. The second kappa shape index (κ2) is 4.47. The van der Waals surface area contributed by atoms with E-state index >= 15 is 0 Å². The lowest BCUT2D eigenvalue weighted by atomic mass is 10.3. The Morgan fingerprint density at radius 3 is 3.06 bits per heavy atom. The minimum Gasteiger partial charge on any atom is -0.350 e. The van der Waals surface area contributed by atoms with E-state index in [1.165, 1.54) is 0 Å². The summed E-state index contributed by atoms with van der Waals surface area (Å²) in [5, 5.41) is 3.25. The predicted octanol–water partition coefficient (Wildman–Crippen LogP) is 0.818. The largest absolute Gasteiger partial charge is 0.350 e. The molecule has 1 N–H and O–H groups in total. The third kappa shape index (κ3) is 2.48. The van der Waals surface area contributed by atoms with Gasteiger partial charge in [-0.15, -0.1) is 0 Å². The van der Waals surface area contributed by atoms with E-state index in [9.17, 15) is 4.79 Å². The monoisotopic (exact) mass is 220 g/mol. The first kappa shape index (κ1) is 10.9. The van der Waals surface area contributed by atoms with Crippen molar-refractivity contribution in [3.8, 4) is 0 Å². The van der Waals surface area contributed by atoms with Crippen molar-refractivity contribution in [2.24, 2.45) is 0 Å². The van der Waals surface area contributed by atoms with Crippen LogP contribution in [0.3, 0.4) is 0 Å². The number of anilines is 1. The molecule has 1 unspecified atom stereocenters. The number of nitrogens with one attached hydrogen (secondary N) is 1. The Bertz CT molecular complexity index is 393.